The van der Waals surface area contributed by atoms with E-state index in [4.69, 9.17) is 16.3 Å². The summed E-state index contributed by atoms with van der Waals surface area (Å²) in [6.45, 7) is 1.94. The number of hydrogen-bond donors (Lipinski definition) is 0. The lowest BCUT2D eigenvalue weighted by Crippen LogP contribution is -2.25. The lowest BCUT2D eigenvalue weighted by Gasteiger charge is -2.17. The summed E-state index contributed by atoms with van der Waals surface area (Å²) in [4.78, 5) is 12.4. The van der Waals surface area contributed by atoms with Crippen molar-refractivity contribution in [2.45, 2.75) is 38.4 Å². The summed E-state index contributed by atoms with van der Waals surface area (Å²) in [7, 11) is 0. The first-order valence-corrected chi connectivity index (χ1v) is 6.49. The molecule has 17 heavy (non-hydrogen) atoms. The van der Waals surface area contributed by atoms with E-state index in [2.05, 4.69) is 0 Å². The van der Waals surface area contributed by atoms with Gasteiger partial charge in [0.15, 0.2) is 5.78 Å². The third-order valence-electron chi connectivity index (χ3n) is 3.90. The maximum Gasteiger partial charge on any atom is 0.168 e. The number of fused-ring (bicyclic) bond motifs is 2. The smallest absolute Gasteiger partial charge is 0.168 e. The van der Waals surface area contributed by atoms with Crippen molar-refractivity contribution in [3.05, 3.63) is 34.3 Å². The third kappa shape index (κ3) is 1.90. The van der Waals surface area contributed by atoms with Crippen LogP contribution in [-0.4, -0.2) is 18.0 Å². The summed E-state index contributed by atoms with van der Waals surface area (Å²) in [6.07, 6.45) is 3.49. The van der Waals surface area contributed by atoms with E-state index in [1.807, 2.05) is 19.1 Å². The SMILES string of the molecule is Cc1ccc(C(=O)C2CC3CCC2O3)cc1Cl. The molecule has 3 unspecified atom stereocenters. The zero-order chi connectivity index (χ0) is 12.0. The first-order valence-electron chi connectivity index (χ1n) is 6.11. The van der Waals surface area contributed by atoms with Crippen molar-refractivity contribution >= 4 is 17.4 Å². The van der Waals surface area contributed by atoms with Crippen LogP contribution in [0.1, 0.15) is 35.2 Å². The second kappa shape index (κ2) is 4.11. The van der Waals surface area contributed by atoms with E-state index in [0.717, 1.165) is 30.4 Å². The van der Waals surface area contributed by atoms with Crippen molar-refractivity contribution in [1.29, 1.82) is 0 Å². The summed E-state index contributed by atoms with van der Waals surface area (Å²) >= 11 is 6.06. The first kappa shape index (κ1) is 11.2. The Morgan fingerprint density at radius 1 is 1.41 bits per heavy atom. The van der Waals surface area contributed by atoms with Crippen LogP contribution in [0.3, 0.4) is 0 Å². The quantitative estimate of drug-likeness (QED) is 0.752. The fourth-order valence-corrected chi connectivity index (χ4v) is 3.05. The standard InChI is InChI=1S/C14H15ClO2/c1-8-2-3-9(6-12(8)15)14(16)11-7-10-4-5-13(11)17-10/h2-3,6,10-11,13H,4-5,7H2,1H3. The highest BCUT2D eigenvalue weighted by molar-refractivity contribution is 6.31. The van der Waals surface area contributed by atoms with Crippen LogP contribution < -0.4 is 0 Å². The maximum atomic E-state index is 12.4. The Balaban J connectivity index is 1.84. The summed E-state index contributed by atoms with van der Waals surface area (Å²) in [5.74, 6) is 0.242. The van der Waals surface area contributed by atoms with Crippen LogP contribution in [0.15, 0.2) is 18.2 Å². The molecule has 1 aromatic rings. The van der Waals surface area contributed by atoms with Crippen molar-refractivity contribution < 1.29 is 9.53 Å². The molecule has 2 saturated heterocycles. The van der Waals surface area contributed by atoms with Crippen LogP contribution in [-0.2, 0) is 4.74 Å². The first-order chi connectivity index (χ1) is 8.15. The fraction of sp³-hybridized carbons (Fsp3) is 0.500. The second-order valence-corrected chi connectivity index (χ2v) is 5.45. The molecule has 3 rings (SSSR count). The average Bonchev–Trinajstić information content (AvgIpc) is 2.93. The lowest BCUT2D eigenvalue weighted by molar-refractivity contribution is 0.0743. The molecule has 0 aliphatic carbocycles. The monoisotopic (exact) mass is 250 g/mol. The summed E-state index contributed by atoms with van der Waals surface area (Å²) in [5, 5.41) is 0.667. The number of carbonyl (C=O) groups is 1. The van der Waals surface area contributed by atoms with Crippen LogP contribution in [0.4, 0.5) is 0 Å². The Morgan fingerprint density at radius 2 is 2.24 bits per heavy atom. The van der Waals surface area contributed by atoms with E-state index in [0.29, 0.717) is 11.1 Å². The van der Waals surface area contributed by atoms with Gasteiger partial charge in [-0.05, 0) is 37.8 Å². The van der Waals surface area contributed by atoms with Gasteiger partial charge in [0, 0.05) is 10.6 Å². The van der Waals surface area contributed by atoms with Gasteiger partial charge in [0.1, 0.15) is 0 Å². The fourth-order valence-electron chi connectivity index (χ4n) is 2.87. The molecule has 3 atom stereocenters. The summed E-state index contributed by atoms with van der Waals surface area (Å²) in [6, 6.07) is 5.56. The topological polar surface area (TPSA) is 26.3 Å². The van der Waals surface area contributed by atoms with Gasteiger partial charge in [0.05, 0.1) is 18.1 Å². The van der Waals surface area contributed by atoms with Gasteiger partial charge in [-0.3, -0.25) is 4.79 Å². The van der Waals surface area contributed by atoms with Gasteiger partial charge in [-0.15, -0.1) is 0 Å². The molecule has 0 aromatic heterocycles. The van der Waals surface area contributed by atoms with Gasteiger partial charge in [-0.25, -0.2) is 0 Å². The number of ether oxygens (including phenoxy) is 1. The Morgan fingerprint density at radius 3 is 2.82 bits per heavy atom. The Hall–Kier alpha value is -0.860. The highest BCUT2D eigenvalue weighted by atomic mass is 35.5. The van der Waals surface area contributed by atoms with Gasteiger partial charge >= 0.3 is 0 Å². The molecule has 2 heterocycles. The van der Waals surface area contributed by atoms with Crippen molar-refractivity contribution in [1.82, 2.24) is 0 Å². The Kier molecular flexibility index (Phi) is 2.72. The molecule has 2 nitrogen and oxygen atoms in total. The second-order valence-electron chi connectivity index (χ2n) is 5.04. The number of ketones is 1. The molecule has 0 amide bonds. The van der Waals surface area contributed by atoms with E-state index in [9.17, 15) is 4.79 Å². The normalized spacial score (nSPS) is 30.8. The minimum atomic E-state index is 0.0486. The molecule has 3 heteroatoms. The highest BCUT2D eigenvalue weighted by Crippen LogP contribution is 2.40. The predicted molar refractivity (Wildman–Crippen MR) is 66.5 cm³/mol. The van der Waals surface area contributed by atoms with E-state index in [1.54, 1.807) is 6.07 Å². The molecular formula is C14H15ClO2. The number of carbonyl (C=O) groups excluding carboxylic acids is 1. The van der Waals surface area contributed by atoms with E-state index in [1.165, 1.54) is 0 Å². The number of halogens is 1. The molecule has 0 saturated carbocycles. The zero-order valence-electron chi connectivity index (χ0n) is 9.78. The van der Waals surface area contributed by atoms with Crippen molar-refractivity contribution in [2.75, 3.05) is 0 Å². The van der Waals surface area contributed by atoms with Crippen LogP contribution in [0.25, 0.3) is 0 Å². The van der Waals surface area contributed by atoms with Gasteiger partial charge in [0.2, 0.25) is 0 Å². The van der Waals surface area contributed by atoms with E-state index < -0.39 is 0 Å². The largest absolute Gasteiger partial charge is 0.374 e. The van der Waals surface area contributed by atoms with Crippen LogP contribution in [0.5, 0.6) is 0 Å². The molecule has 1 aromatic carbocycles. The number of rotatable bonds is 2. The number of Topliss-reactive ketones (excluding diaryl/α,β-unsaturated/α-hetero) is 1. The number of benzene rings is 1. The molecule has 2 fully saturated rings. The minimum absolute atomic E-state index is 0.0486. The number of aryl methyl sites for hydroxylation is 1. The Labute approximate surface area is 106 Å². The zero-order valence-corrected chi connectivity index (χ0v) is 10.5. The molecular weight excluding hydrogens is 236 g/mol. The maximum absolute atomic E-state index is 12.4. The lowest BCUT2D eigenvalue weighted by atomic mass is 9.84. The molecule has 90 valence electrons. The van der Waals surface area contributed by atoms with Crippen molar-refractivity contribution in [3.63, 3.8) is 0 Å². The predicted octanol–water partition coefficient (Wildman–Crippen LogP) is 3.40. The average molecular weight is 251 g/mol. The summed E-state index contributed by atoms with van der Waals surface area (Å²) in [5.41, 5.74) is 1.73. The third-order valence-corrected chi connectivity index (χ3v) is 4.31. The van der Waals surface area contributed by atoms with Crippen LogP contribution in [0, 0.1) is 12.8 Å². The molecule has 2 bridgehead atoms. The van der Waals surface area contributed by atoms with E-state index >= 15 is 0 Å². The van der Waals surface area contributed by atoms with Gasteiger partial charge < -0.3 is 4.74 Å². The molecule has 0 spiro atoms. The minimum Gasteiger partial charge on any atom is -0.374 e. The molecule has 0 N–H and O–H groups in total. The van der Waals surface area contributed by atoms with Crippen molar-refractivity contribution in [3.8, 4) is 0 Å². The van der Waals surface area contributed by atoms with E-state index in [-0.39, 0.29) is 17.8 Å². The van der Waals surface area contributed by atoms with Crippen LogP contribution >= 0.6 is 11.6 Å². The van der Waals surface area contributed by atoms with Gasteiger partial charge in [-0.1, -0.05) is 23.7 Å². The van der Waals surface area contributed by atoms with Crippen molar-refractivity contribution in [2.24, 2.45) is 5.92 Å². The molecule has 2 aliphatic rings. The van der Waals surface area contributed by atoms with Crippen LogP contribution in [0.2, 0.25) is 5.02 Å². The van der Waals surface area contributed by atoms with Gasteiger partial charge in [0.25, 0.3) is 0 Å². The summed E-state index contributed by atoms with van der Waals surface area (Å²) < 4.78 is 5.73. The Bertz CT molecular complexity index is 469. The molecule has 2 aliphatic heterocycles. The van der Waals surface area contributed by atoms with Gasteiger partial charge in [-0.2, -0.15) is 0 Å². The highest BCUT2D eigenvalue weighted by Gasteiger charge is 2.44. The molecule has 0 radical (unpaired) electrons. The number of hydrogen-bond acceptors (Lipinski definition) is 2.